The summed E-state index contributed by atoms with van der Waals surface area (Å²) in [6, 6.07) is 8.26. The monoisotopic (exact) mass is 265 g/mol. The van der Waals surface area contributed by atoms with Gasteiger partial charge in [0, 0.05) is 5.56 Å². The lowest BCUT2D eigenvalue weighted by Gasteiger charge is -2.22. The van der Waals surface area contributed by atoms with E-state index >= 15 is 0 Å². The lowest BCUT2D eigenvalue weighted by Crippen LogP contribution is -2.49. The maximum Gasteiger partial charge on any atom is 0.345 e. The number of hydrogen-bond acceptors (Lipinski definition) is 3. The molecule has 1 unspecified atom stereocenters. The van der Waals surface area contributed by atoms with Gasteiger partial charge in [-0.05, 0) is 6.92 Å². The van der Waals surface area contributed by atoms with Crippen LogP contribution in [0.25, 0.3) is 0 Å². The lowest BCUT2D eigenvalue weighted by atomic mass is 9.93. The van der Waals surface area contributed by atoms with E-state index in [1.165, 1.54) is 6.92 Å². The fourth-order valence-electron chi connectivity index (χ4n) is 1.22. The van der Waals surface area contributed by atoms with E-state index < -0.39 is 24.5 Å². The van der Waals surface area contributed by atoms with Gasteiger partial charge in [-0.2, -0.15) is 8.78 Å². The van der Waals surface area contributed by atoms with Crippen LogP contribution in [0, 0.1) is 0 Å². The van der Waals surface area contributed by atoms with Crippen LogP contribution in [-0.4, -0.2) is 24.5 Å². The van der Waals surface area contributed by atoms with Crippen LogP contribution in [0.15, 0.2) is 30.3 Å². The molecule has 0 aliphatic carbocycles. The molecule has 6 heteroatoms. The van der Waals surface area contributed by atoms with Crippen LogP contribution < -0.4 is 5.73 Å². The van der Waals surface area contributed by atoms with Crippen LogP contribution in [-0.2, 0) is 4.74 Å². The van der Waals surface area contributed by atoms with Gasteiger partial charge in [-0.15, -0.1) is 12.4 Å². The molecule has 1 rings (SSSR count). The molecule has 0 fully saturated rings. The summed E-state index contributed by atoms with van der Waals surface area (Å²) in [4.78, 5) is 11.8. The molecule has 2 N–H and O–H groups in total. The zero-order valence-corrected chi connectivity index (χ0v) is 10.0. The van der Waals surface area contributed by atoms with E-state index in [9.17, 15) is 13.6 Å². The molecule has 3 nitrogen and oxygen atoms in total. The van der Waals surface area contributed by atoms with E-state index in [-0.39, 0.29) is 12.4 Å². The molecule has 0 saturated heterocycles. The topological polar surface area (TPSA) is 52.3 Å². The summed E-state index contributed by atoms with van der Waals surface area (Å²) in [6.45, 7) is -2.07. The molecule has 0 radical (unpaired) electrons. The van der Waals surface area contributed by atoms with Crippen molar-refractivity contribution in [2.75, 3.05) is 6.61 Å². The zero-order valence-electron chi connectivity index (χ0n) is 9.23. The minimum Gasteiger partial charge on any atom is -0.321 e. The number of Topliss-reactive ketones (excluding diaryl/α,β-unsaturated/α-hetero) is 1. The average molecular weight is 266 g/mol. The van der Waals surface area contributed by atoms with Crippen molar-refractivity contribution in [1.29, 1.82) is 0 Å². The van der Waals surface area contributed by atoms with Crippen LogP contribution in [0.1, 0.15) is 17.3 Å². The third kappa shape index (κ3) is 4.77. The molecule has 96 valence electrons. The fraction of sp³-hybridized carbons (Fsp3) is 0.364. The molecule has 0 heterocycles. The van der Waals surface area contributed by atoms with Gasteiger partial charge in [-0.1, -0.05) is 30.3 Å². The number of ketones is 1. The summed E-state index contributed by atoms with van der Waals surface area (Å²) in [5.74, 6) is -0.422. The minimum absolute atomic E-state index is 0. The van der Waals surface area contributed by atoms with Crippen LogP contribution >= 0.6 is 12.4 Å². The van der Waals surface area contributed by atoms with Crippen molar-refractivity contribution in [2.45, 2.75) is 19.1 Å². The standard InChI is InChI=1S/C11H13F2NO2.ClH/c1-11(14,7-16-10(12)13)9(15)8-5-3-2-4-6-8;/h2-6,10H,7,14H2,1H3;1H. The summed E-state index contributed by atoms with van der Waals surface area (Å²) in [7, 11) is 0. The summed E-state index contributed by atoms with van der Waals surface area (Å²) in [5.41, 5.74) is 4.57. The predicted octanol–water partition coefficient (Wildman–Crippen LogP) is 2.25. The van der Waals surface area contributed by atoms with Gasteiger partial charge < -0.3 is 10.5 Å². The number of ether oxygens (including phenoxy) is 1. The van der Waals surface area contributed by atoms with E-state index in [0.29, 0.717) is 5.56 Å². The second-order valence-electron chi connectivity index (χ2n) is 3.68. The van der Waals surface area contributed by atoms with Gasteiger partial charge in [-0.25, -0.2) is 0 Å². The van der Waals surface area contributed by atoms with Crippen LogP contribution in [0.4, 0.5) is 8.78 Å². The first-order valence-corrected chi connectivity index (χ1v) is 4.72. The van der Waals surface area contributed by atoms with Gasteiger partial charge >= 0.3 is 6.61 Å². The first kappa shape index (κ1) is 16.0. The SMILES string of the molecule is CC(N)(COC(F)F)C(=O)c1ccccc1.Cl. The summed E-state index contributed by atoms with van der Waals surface area (Å²) in [6.07, 6.45) is 0. The van der Waals surface area contributed by atoms with Crippen LogP contribution in [0.3, 0.4) is 0 Å². The average Bonchev–Trinajstić information content (AvgIpc) is 2.27. The van der Waals surface area contributed by atoms with Gasteiger partial charge in [0.05, 0.1) is 6.61 Å². The fourth-order valence-corrected chi connectivity index (χ4v) is 1.22. The van der Waals surface area contributed by atoms with Crippen molar-refractivity contribution < 1.29 is 18.3 Å². The zero-order chi connectivity index (χ0) is 12.2. The molecule has 0 saturated carbocycles. The Morgan fingerprint density at radius 2 is 1.94 bits per heavy atom. The number of carbonyl (C=O) groups is 1. The van der Waals surface area contributed by atoms with Crippen molar-refractivity contribution in [2.24, 2.45) is 5.73 Å². The number of rotatable bonds is 5. The Bertz CT molecular complexity index is 358. The molecule has 0 aliphatic rings. The molecule has 0 bridgehead atoms. The van der Waals surface area contributed by atoms with Crippen molar-refractivity contribution in [3.63, 3.8) is 0 Å². The Labute approximate surface area is 104 Å². The van der Waals surface area contributed by atoms with Gasteiger partial charge in [0.1, 0.15) is 5.54 Å². The maximum absolute atomic E-state index is 11.8. The number of hydrogen-bond donors (Lipinski definition) is 1. The van der Waals surface area contributed by atoms with Crippen molar-refractivity contribution >= 4 is 18.2 Å². The quantitative estimate of drug-likeness (QED) is 0.831. The second-order valence-corrected chi connectivity index (χ2v) is 3.68. The Kier molecular flexibility index (Phi) is 6.23. The summed E-state index contributed by atoms with van der Waals surface area (Å²) >= 11 is 0. The Morgan fingerprint density at radius 1 is 1.41 bits per heavy atom. The van der Waals surface area contributed by atoms with Gasteiger partial charge in [0.25, 0.3) is 0 Å². The van der Waals surface area contributed by atoms with Crippen molar-refractivity contribution in [3.8, 4) is 0 Å². The molecule has 0 aromatic heterocycles. The molecule has 0 spiro atoms. The number of carbonyl (C=O) groups excluding carboxylic acids is 1. The molecular formula is C11H14ClF2NO2. The highest BCUT2D eigenvalue weighted by atomic mass is 35.5. The smallest absolute Gasteiger partial charge is 0.321 e. The molecule has 0 amide bonds. The van der Waals surface area contributed by atoms with Gasteiger partial charge in [0.2, 0.25) is 0 Å². The first-order chi connectivity index (χ1) is 7.43. The van der Waals surface area contributed by atoms with E-state index in [2.05, 4.69) is 4.74 Å². The number of alkyl halides is 2. The van der Waals surface area contributed by atoms with E-state index in [1.54, 1.807) is 30.3 Å². The largest absolute Gasteiger partial charge is 0.345 e. The Hall–Kier alpha value is -1.04. The highest BCUT2D eigenvalue weighted by Crippen LogP contribution is 2.12. The third-order valence-corrected chi connectivity index (χ3v) is 2.06. The Balaban J connectivity index is 0.00000256. The van der Waals surface area contributed by atoms with E-state index in [4.69, 9.17) is 5.73 Å². The highest BCUT2D eigenvalue weighted by Gasteiger charge is 2.30. The van der Waals surface area contributed by atoms with Gasteiger partial charge in [-0.3, -0.25) is 4.79 Å². The molecule has 1 atom stereocenters. The second kappa shape index (κ2) is 6.64. The summed E-state index contributed by atoms with van der Waals surface area (Å²) in [5, 5.41) is 0. The summed E-state index contributed by atoms with van der Waals surface area (Å²) < 4.78 is 27.8. The van der Waals surface area contributed by atoms with Crippen molar-refractivity contribution in [1.82, 2.24) is 0 Å². The predicted molar refractivity (Wildman–Crippen MR) is 62.6 cm³/mol. The number of benzene rings is 1. The van der Waals surface area contributed by atoms with Crippen molar-refractivity contribution in [3.05, 3.63) is 35.9 Å². The first-order valence-electron chi connectivity index (χ1n) is 4.72. The molecule has 1 aromatic carbocycles. The maximum atomic E-state index is 11.8. The molecule has 17 heavy (non-hydrogen) atoms. The van der Waals surface area contributed by atoms with Gasteiger partial charge in [0.15, 0.2) is 5.78 Å². The van der Waals surface area contributed by atoms with E-state index in [1.807, 2.05) is 0 Å². The Morgan fingerprint density at radius 3 is 2.41 bits per heavy atom. The molecule has 1 aromatic rings. The van der Waals surface area contributed by atoms with Crippen LogP contribution in [0.2, 0.25) is 0 Å². The normalized spacial score (nSPS) is 13.9. The third-order valence-electron chi connectivity index (χ3n) is 2.06. The highest BCUT2D eigenvalue weighted by molar-refractivity contribution is 6.02. The molecule has 0 aliphatic heterocycles. The number of halogens is 3. The number of nitrogens with two attached hydrogens (primary N) is 1. The molecular weight excluding hydrogens is 252 g/mol. The minimum atomic E-state index is -2.92. The lowest BCUT2D eigenvalue weighted by molar-refractivity contribution is -0.136. The van der Waals surface area contributed by atoms with E-state index in [0.717, 1.165) is 0 Å². The van der Waals surface area contributed by atoms with Crippen LogP contribution in [0.5, 0.6) is 0 Å².